The van der Waals surface area contributed by atoms with Crippen molar-refractivity contribution < 1.29 is 18.3 Å². The van der Waals surface area contributed by atoms with E-state index in [4.69, 9.17) is 17.3 Å². The number of benzene rings is 2. The molecular formula is C17H16ClNO4S. The molecular weight excluding hydrogens is 350 g/mol. The van der Waals surface area contributed by atoms with Crippen LogP contribution in [-0.2, 0) is 14.6 Å². The van der Waals surface area contributed by atoms with Gasteiger partial charge in [0.25, 0.3) is 0 Å². The van der Waals surface area contributed by atoms with Crippen LogP contribution in [0, 0.1) is 6.92 Å². The molecule has 3 rings (SSSR count). The average Bonchev–Trinajstić information content (AvgIpc) is 3.17. The fraction of sp³-hybridized carbons (Fsp3) is 0.235. The van der Waals surface area contributed by atoms with Crippen molar-refractivity contribution in [2.45, 2.75) is 28.5 Å². The highest BCUT2D eigenvalue weighted by atomic mass is 35.5. The number of aliphatic carboxylic acids is 1. The molecule has 1 saturated carbocycles. The Kier molecular flexibility index (Phi) is 3.94. The largest absolute Gasteiger partial charge is 0.480 e. The summed E-state index contributed by atoms with van der Waals surface area (Å²) in [5.41, 5.74) is 5.60. The lowest BCUT2D eigenvalue weighted by molar-refractivity contribution is -0.139. The van der Waals surface area contributed by atoms with E-state index in [1.54, 1.807) is 36.4 Å². The van der Waals surface area contributed by atoms with Crippen molar-refractivity contribution in [3.05, 3.63) is 64.7 Å². The molecule has 0 aromatic heterocycles. The van der Waals surface area contributed by atoms with Crippen molar-refractivity contribution in [2.75, 3.05) is 0 Å². The monoisotopic (exact) mass is 365 g/mol. The lowest BCUT2D eigenvalue weighted by atomic mass is 10.1. The van der Waals surface area contributed by atoms with Gasteiger partial charge >= 0.3 is 5.97 Å². The number of hydrogen-bond acceptors (Lipinski definition) is 4. The lowest BCUT2D eigenvalue weighted by Gasteiger charge is -2.07. The highest BCUT2D eigenvalue weighted by Gasteiger charge is 2.74. The number of sulfone groups is 1. The summed E-state index contributed by atoms with van der Waals surface area (Å²) in [5, 5.41) is 8.77. The van der Waals surface area contributed by atoms with Gasteiger partial charge in [0.1, 0.15) is 10.8 Å². The molecule has 0 unspecified atom stereocenters. The standard InChI is InChI=1S/C17H16ClNO4S/c1-10-2-8-13(9-3-10)24(22,23)15-14(17(15,19)16(20)21)11-4-6-12(18)7-5-11/h2-9,14-15H,19H2,1H3,(H,20,21)/t14-,15+,17-/m0/s1. The summed E-state index contributed by atoms with van der Waals surface area (Å²) in [7, 11) is -3.88. The minimum Gasteiger partial charge on any atom is -0.480 e. The van der Waals surface area contributed by atoms with Gasteiger partial charge < -0.3 is 10.8 Å². The van der Waals surface area contributed by atoms with E-state index in [1.165, 1.54) is 12.1 Å². The van der Waals surface area contributed by atoms with Crippen LogP contribution >= 0.6 is 11.6 Å². The summed E-state index contributed by atoms with van der Waals surface area (Å²) in [4.78, 5) is 11.7. The topological polar surface area (TPSA) is 97.5 Å². The van der Waals surface area contributed by atoms with Crippen molar-refractivity contribution in [1.82, 2.24) is 0 Å². The molecule has 0 radical (unpaired) electrons. The maximum Gasteiger partial charge on any atom is 0.325 e. The van der Waals surface area contributed by atoms with Gasteiger partial charge in [-0.2, -0.15) is 0 Å². The van der Waals surface area contributed by atoms with Gasteiger partial charge in [-0.3, -0.25) is 4.79 Å². The number of carboxylic acids is 1. The van der Waals surface area contributed by atoms with Crippen LogP contribution in [0.4, 0.5) is 0 Å². The van der Waals surface area contributed by atoms with Crippen LogP contribution in [0.25, 0.3) is 0 Å². The molecule has 0 spiro atoms. The summed E-state index contributed by atoms with van der Waals surface area (Å²) in [5.74, 6) is -2.15. The van der Waals surface area contributed by atoms with E-state index in [1.807, 2.05) is 6.92 Å². The SMILES string of the molecule is Cc1ccc(S(=O)(=O)[C@@H]2[C@H](c3ccc(Cl)cc3)[C@@]2(N)C(=O)O)cc1. The maximum atomic E-state index is 12.9. The van der Waals surface area contributed by atoms with Crippen LogP contribution in [0.5, 0.6) is 0 Å². The first-order valence-corrected chi connectivity index (χ1v) is 9.19. The Balaban J connectivity index is 2.06. The maximum absolute atomic E-state index is 12.9. The number of halogens is 1. The highest BCUT2D eigenvalue weighted by molar-refractivity contribution is 7.92. The predicted molar refractivity (Wildman–Crippen MR) is 90.9 cm³/mol. The normalized spacial score (nSPS) is 26.1. The summed E-state index contributed by atoms with van der Waals surface area (Å²) in [6, 6.07) is 12.7. The number of carboxylic acid groups (broad SMARTS) is 1. The van der Waals surface area contributed by atoms with Crippen LogP contribution in [-0.4, -0.2) is 30.3 Å². The van der Waals surface area contributed by atoms with Gasteiger partial charge in [-0.1, -0.05) is 41.4 Å². The van der Waals surface area contributed by atoms with Crippen molar-refractivity contribution in [2.24, 2.45) is 5.73 Å². The lowest BCUT2D eigenvalue weighted by Crippen LogP contribution is -2.39. The summed E-state index contributed by atoms with van der Waals surface area (Å²) in [6.45, 7) is 1.84. The zero-order valence-electron chi connectivity index (χ0n) is 12.8. The molecule has 0 saturated heterocycles. The van der Waals surface area contributed by atoms with E-state index in [-0.39, 0.29) is 4.90 Å². The quantitative estimate of drug-likeness (QED) is 0.866. The average molecular weight is 366 g/mol. The minimum atomic E-state index is -3.88. The van der Waals surface area contributed by atoms with Crippen LogP contribution in [0.1, 0.15) is 17.0 Å². The van der Waals surface area contributed by atoms with Crippen molar-refractivity contribution in [1.29, 1.82) is 0 Å². The van der Waals surface area contributed by atoms with Crippen molar-refractivity contribution in [3.8, 4) is 0 Å². The number of carbonyl (C=O) groups is 1. The first-order chi connectivity index (χ1) is 11.2. The number of nitrogens with two attached hydrogens (primary N) is 1. The number of aryl methyl sites for hydroxylation is 1. The Bertz CT molecular complexity index is 893. The highest BCUT2D eigenvalue weighted by Crippen LogP contribution is 2.55. The fourth-order valence-corrected chi connectivity index (χ4v) is 5.42. The fourth-order valence-electron chi connectivity index (χ4n) is 3.06. The van der Waals surface area contributed by atoms with Gasteiger partial charge in [0.05, 0.1) is 4.90 Å². The molecule has 1 fully saturated rings. The third-order valence-corrected chi connectivity index (χ3v) is 6.97. The zero-order chi connectivity index (χ0) is 17.7. The molecule has 1 aliphatic rings. The summed E-state index contributed by atoms with van der Waals surface area (Å²) in [6.07, 6.45) is 0. The van der Waals surface area contributed by atoms with E-state index in [0.717, 1.165) is 5.56 Å². The van der Waals surface area contributed by atoms with Crippen molar-refractivity contribution >= 4 is 27.4 Å². The first kappa shape index (κ1) is 17.0. The second-order valence-electron chi connectivity index (χ2n) is 6.05. The minimum absolute atomic E-state index is 0.0747. The molecule has 2 aromatic rings. The van der Waals surface area contributed by atoms with Gasteiger partial charge in [-0.15, -0.1) is 0 Å². The summed E-state index contributed by atoms with van der Waals surface area (Å²) >= 11 is 5.84. The van der Waals surface area contributed by atoms with Gasteiger partial charge in [0.15, 0.2) is 9.84 Å². The number of rotatable bonds is 4. The van der Waals surface area contributed by atoms with Gasteiger partial charge in [0, 0.05) is 10.9 Å². The predicted octanol–water partition coefficient (Wildman–Crippen LogP) is 2.37. The smallest absolute Gasteiger partial charge is 0.325 e. The Hall–Kier alpha value is -1.89. The third-order valence-electron chi connectivity index (χ3n) is 4.46. The Morgan fingerprint density at radius 3 is 2.17 bits per heavy atom. The summed E-state index contributed by atoms with van der Waals surface area (Å²) < 4.78 is 25.8. The van der Waals surface area contributed by atoms with E-state index in [2.05, 4.69) is 0 Å². The molecule has 3 atom stereocenters. The molecule has 2 aromatic carbocycles. The van der Waals surface area contributed by atoms with Crippen LogP contribution in [0.2, 0.25) is 5.02 Å². The van der Waals surface area contributed by atoms with Crippen LogP contribution in [0.3, 0.4) is 0 Å². The Labute approximate surface area is 145 Å². The van der Waals surface area contributed by atoms with Gasteiger partial charge in [-0.05, 0) is 36.8 Å². The molecule has 3 N–H and O–H groups in total. The van der Waals surface area contributed by atoms with E-state index >= 15 is 0 Å². The molecule has 1 aliphatic carbocycles. The van der Waals surface area contributed by atoms with Crippen LogP contribution < -0.4 is 5.73 Å². The van der Waals surface area contributed by atoms with Crippen molar-refractivity contribution in [3.63, 3.8) is 0 Å². The Morgan fingerprint density at radius 2 is 1.67 bits per heavy atom. The zero-order valence-corrected chi connectivity index (χ0v) is 14.4. The van der Waals surface area contributed by atoms with Gasteiger partial charge in [0.2, 0.25) is 0 Å². The van der Waals surface area contributed by atoms with Crippen LogP contribution in [0.15, 0.2) is 53.4 Å². The second-order valence-corrected chi connectivity index (χ2v) is 8.55. The molecule has 0 amide bonds. The molecule has 0 aliphatic heterocycles. The second kappa shape index (κ2) is 5.58. The van der Waals surface area contributed by atoms with E-state index < -0.39 is 32.5 Å². The molecule has 7 heteroatoms. The first-order valence-electron chi connectivity index (χ1n) is 7.27. The van der Waals surface area contributed by atoms with Gasteiger partial charge in [-0.25, -0.2) is 8.42 Å². The molecule has 5 nitrogen and oxygen atoms in total. The number of hydrogen-bond donors (Lipinski definition) is 2. The van der Waals surface area contributed by atoms with E-state index in [0.29, 0.717) is 10.6 Å². The molecule has 0 heterocycles. The molecule has 24 heavy (non-hydrogen) atoms. The van der Waals surface area contributed by atoms with E-state index in [9.17, 15) is 18.3 Å². The Morgan fingerprint density at radius 1 is 1.12 bits per heavy atom. The molecule has 126 valence electrons. The molecule has 0 bridgehead atoms. The third kappa shape index (κ3) is 2.51.